The van der Waals surface area contributed by atoms with Crippen molar-refractivity contribution in [2.45, 2.75) is 24.5 Å². The average Bonchev–Trinajstić information content (AvgIpc) is 3.41. The largest absolute Gasteiger partial charge is 0.423 e. The summed E-state index contributed by atoms with van der Waals surface area (Å²) in [5, 5.41) is 14.0. The Morgan fingerprint density at radius 1 is 1.35 bits per heavy atom. The number of carbonyl (C=O) groups excluding carboxylic acids is 1. The number of amides is 1. The van der Waals surface area contributed by atoms with Crippen molar-refractivity contribution in [1.29, 1.82) is 0 Å². The number of carbonyl (C=O) groups is 1. The summed E-state index contributed by atoms with van der Waals surface area (Å²) >= 11 is 6.04. The zero-order valence-corrected chi connectivity index (χ0v) is 18.1. The van der Waals surface area contributed by atoms with Crippen LogP contribution in [0, 0.1) is 17.8 Å². The van der Waals surface area contributed by atoms with Crippen LogP contribution in [0.25, 0.3) is 11.1 Å². The quantitative estimate of drug-likeness (QED) is 0.738. The first-order valence-corrected chi connectivity index (χ1v) is 11.5. The van der Waals surface area contributed by atoms with Crippen LogP contribution in [0.15, 0.2) is 22.6 Å². The van der Waals surface area contributed by atoms with Gasteiger partial charge in [-0.3, -0.25) is 4.79 Å². The number of oxazole rings is 1. The molecule has 4 aliphatic heterocycles. The first-order valence-electron chi connectivity index (χ1n) is 11.2. The molecule has 4 fully saturated rings. The summed E-state index contributed by atoms with van der Waals surface area (Å²) < 4.78 is 12.2. The van der Waals surface area contributed by atoms with Gasteiger partial charge in [0.05, 0.1) is 12.6 Å². The van der Waals surface area contributed by atoms with Gasteiger partial charge in [0.2, 0.25) is 5.91 Å². The molecule has 9 heteroatoms. The third-order valence-corrected chi connectivity index (χ3v) is 7.91. The molecule has 0 unspecified atom stereocenters. The van der Waals surface area contributed by atoms with Gasteiger partial charge >= 0.3 is 0 Å². The number of hydrogen-bond acceptors (Lipinski definition) is 7. The second-order valence-electron chi connectivity index (χ2n) is 9.39. The molecular weight excluding hydrogens is 420 g/mol. The molecule has 2 bridgehead atoms. The number of aromatic nitrogens is 1. The summed E-state index contributed by atoms with van der Waals surface area (Å²) in [5.41, 5.74) is 1.14. The van der Waals surface area contributed by atoms with Gasteiger partial charge in [-0.25, -0.2) is 0 Å². The fourth-order valence-electron chi connectivity index (χ4n) is 6.06. The smallest absolute Gasteiger partial charge is 0.298 e. The van der Waals surface area contributed by atoms with Crippen LogP contribution < -0.4 is 10.2 Å². The Kier molecular flexibility index (Phi) is 4.68. The number of hydrogen-bond donors (Lipinski definition) is 2. The van der Waals surface area contributed by atoms with Gasteiger partial charge in [-0.1, -0.05) is 11.6 Å². The van der Waals surface area contributed by atoms with Crippen LogP contribution in [-0.4, -0.2) is 78.5 Å². The van der Waals surface area contributed by atoms with E-state index in [1.807, 2.05) is 11.0 Å². The lowest BCUT2D eigenvalue weighted by Gasteiger charge is -2.35. The van der Waals surface area contributed by atoms with Crippen LogP contribution in [0.4, 0.5) is 6.01 Å². The normalized spacial score (nSPS) is 33.3. The Bertz CT molecular complexity index is 1010. The van der Waals surface area contributed by atoms with Crippen molar-refractivity contribution in [3.8, 4) is 0 Å². The van der Waals surface area contributed by atoms with Crippen molar-refractivity contribution in [3.63, 3.8) is 0 Å². The van der Waals surface area contributed by atoms with Gasteiger partial charge in [-0.2, -0.15) is 4.98 Å². The number of piperidine rings is 1. The van der Waals surface area contributed by atoms with Crippen molar-refractivity contribution in [1.82, 2.24) is 15.2 Å². The highest BCUT2D eigenvalue weighted by Gasteiger charge is 2.61. The Morgan fingerprint density at radius 3 is 3.00 bits per heavy atom. The number of morpholine rings is 1. The van der Waals surface area contributed by atoms with Crippen LogP contribution in [0.1, 0.15) is 12.8 Å². The minimum Gasteiger partial charge on any atom is -0.423 e. The molecule has 0 radical (unpaired) electrons. The predicted octanol–water partition coefficient (Wildman–Crippen LogP) is 1.51. The highest BCUT2D eigenvalue weighted by atomic mass is 35.5. The van der Waals surface area contributed by atoms with Crippen LogP contribution in [0.5, 0.6) is 0 Å². The number of ether oxygens (including phenoxy) is 1. The number of nitrogens with one attached hydrogen (secondary N) is 1. The maximum atomic E-state index is 13.3. The van der Waals surface area contributed by atoms with E-state index in [0.717, 1.165) is 44.5 Å². The van der Waals surface area contributed by atoms with E-state index in [1.54, 1.807) is 12.1 Å². The molecule has 1 aromatic carbocycles. The molecule has 4 aliphatic rings. The fraction of sp³-hybridized carbons (Fsp3) is 0.636. The van der Waals surface area contributed by atoms with Crippen molar-refractivity contribution in [2.75, 3.05) is 50.8 Å². The number of fused-ring (bicyclic) bond motifs is 2. The Hall–Kier alpha value is -1.87. The molecule has 1 amide bonds. The Labute approximate surface area is 185 Å². The van der Waals surface area contributed by atoms with E-state index >= 15 is 0 Å². The zero-order valence-electron chi connectivity index (χ0n) is 17.3. The number of aliphatic hydroxyl groups excluding tert-OH is 1. The van der Waals surface area contributed by atoms with Crippen LogP contribution in [0.3, 0.4) is 0 Å². The molecular formula is C22H27ClN4O4. The van der Waals surface area contributed by atoms with Gasteiger partial charge in [0, 0.05) is 68.2 Å². The van der Waals surface area contributed by atoms with E-state index in [4.69, 9.17) is 20.8 Å². The number of anilines is 1. The summed E-state index contributed by atoms with van der Waals surface area (Å²) in [4.78, 5) is 22.0. The average molecular weight is 447 g/mol. The number of likely N-dealkylation sites (tertiary alicyclic amines) is 1. The lowest BCUT2D eigenvalue weighted by Crippen LogP contribution is -2.53. The molecule has 2 N–H and O–H groups in total. The van der Waals surface area contributed by atoms with Gasteiger partial charge in [0.15, 0.2) is 5.58 Å². The summed E-state index contributed by atoms with van der Waals surface area (Å²) in [7, 11) is 0. The second-order valence-corrected chi connectivity index (χ2v) is 9.83. The lowest BCUT2D eigenvalue weighted by molar-refractivity contribution is -0.138. The third-order valence-electron chi connectivity index (χ3n) is 7.68. The van der Waals surface area contributed by atoms with E-state index in [-0.39, 0.29) is 42.0 Å². The highest BCUT2D eigenvalue weighted by Crippen LogP contribution is 2.47. The first kappa shape index (κ1) is 19.8. The van der Waals surface area contributed by atoms with Gasteiger partial charge in [0.25, 0.3) is 6.01 Å². The number of halogens is 1. The summed E-state index contributed by atoms with van der Waals surface area (Å²) in [6.07, 6.45) is 1.62. The summed E-state index contributed by atoms with van der Waals surface area (Å²) in [6, 6.07) is 6.04. The number of aliphatic hydroxyl groups is 1. The summed E-state index contributed by atoms with van der Waals surface area (Å²) in [6.45, 7) is 4.45. The molecule has 4 atom stereocenters. The van der Waals surface area contributed by atoms with Gasteiger partial charge in [0.1, 0.15) is 11.1 Å². The molecule has 31 heavy (non-hydrogen) atoms. The lowest BCUT2D eigenvalue weighted by atomic mass is 9.83. The standard InChI is InChI=1S/C22H27ClN4O4/c23-14-1-2-17-18(7-14)30-21(25-17)26-5-3-13(4-6-26)20(29)27-9-16-15(10-28)19-8-24-11-22(16,12-27)31-19/h1-2,7,13,15-16,19,24,28H,3-6,8-12H2/t15-,16+,19+,22+/m0/s1. The molecule has 1 spiro atoms. The van der Waals surface area contributed by atoms with E-state index in [2.05, 4.69) is 15.2 Å². The van der Waals surface area contributed by atoms with Crippen LogP contribution >= 0.6 is 11.6 Å². The monoisotopic (exact) mass is 446 g/mol. The molecule has 0 saturated carbocycles. The topological polar surface area (TPSA) is 91.1 Å². The maximum absolute atomic E-state index is 13.3. The number of nitrogens with zero attached hydrogens (tertiary/aromatic N) is 3. The number of rotatable bonds is 3. The molecule has 8 nitrogen and oxygen atoms in total. The predicted molar refractivity (Wildman–Crippen MR) is 115 cm³/mol. The van der Waals surface area contributed by atoms with Crippen molar-refractivity contribution in [2.24, 2.45) is 17.8 Å². The number of benzene rings is 1. The van der Waals surface area contributed by atoms with Crippen molar-refractivity contribution < 1.29 is 19.1 Å². The maximum Gasteiger partial charge on any atom is 0.298 e. The fourth-order valence-corrected chi connectivity index (χ4v) is 6.23. The third kappa shape index (κ3) is 3.15. The first-order chi connectivity index (χ1) is 15.1. The van der Waals surface area contributed by atoms with E-state index in [9.17, 15) is 9.90 Å². The van der Waals surface area contributed by atoms with Crippen LogP contribution in [0.2, 0.25) is 5.02 Å². The SMILES string of the molecule is O=C(C1CCN(c2nc3ccc(Cl)cc3o2)CC1)N1C[C@@H]2[C@H](CO)[C@H]3CNC[C@]2(C1)O3. The molecule has 4 saturated heterocycles. The molecule has 166 valence electrons. The molecule has 5 heterocycles. The second kappa shape index (κ2) is 7.33. The zero-order chi connectivity index (χ0) is 21.2. The minimum atomic E-state index is -0.327. The van der Waals surface area contributed by atoms with E-state index in [0.29, 0.717) is 29.7 Å². The molecule has 0 aliphatic carbocycles. The molecule has 1 aromatic heterocycles. The Morgan fingerprint density at radius 2 is 2.19 bits per heavy atom. The summed E-state index contributed by atoms with van der Waals surface area (Å²) in [5.74, 6) is 0.552. The van der Waals surface area contributed by atoms with E-state index < -0.39 is 0 Å². The van der Waals surface area contributed by atoms with Crippen molar-refractivity contribution >= 4 is 34.6 Å². The molecule has 6 rings (SSSR count). The van der Waals surface area contributed by atoms with Gasteiger partial charge < -0.3 is 29.4 Å². The Balaban J connectivity index is 1.11. The van der Waals surface area contributed by atoms with Gasteiger partial charge in [-0.15, -0.1) is 0 Å². The molecule has 2 aromatic rings. The highest BCUT2D eigenvalue weighted by molar-refractivity contribution is 6.31. The van der Waals surface area contributed by atoms with Crippen LogP contribution in [-0.2, 0) is 9.53 Å². The van der Waals surface area contributed by atoms with E-state index in [1.165, 1.54) is 0 Å². The van der Waals surface area contributed by atoms with Gasteiger partial charge in [-0.05, 0) is 25.0 Å². The van der Waals surface area contributed by atoms with Crippen molar-refractivity contribution in [3.05, 3.63) is 23.2 Å². The minimum absolute atomic E-state index is 0.00484.